The van der Waals surface area contributed by atoms with E-state index in [1.807, 2.05) is 18.2 Å². The molecule has 2 unspecified atom stereocenters. The van der Waals surface area contributed by atoms with Crippen LogP contribution in [0.25, 0.3) is 10.2 Å². The summed E-state index contributed by atoms with van der Waals surface area (Å²) in [5.74, 6) is 1.66. The van der Waals surface area contributed by atoms with E-state index in [9.17, 15) is 4.79 Å². The Morgan fingerprint density at radius 3 is 2.80 bits per heavy atom. The smallest absolute Gasteiger partial charge is 0.229 e. The number of benzene rings is 1. The number of amides is 1. The number of fused-ring (bicyclic) bond motifs is 2. The van der Waals surface area contributed by atoms with Gasteiger partial charge in [-0.2, -0.15) is 0 Å². The van der Waals surface area contributed by atoms with Gasteiger partial charge in [0.2, 0.25) is 5.91 Å². The van der Waals surface area contributed by atoms with E-state index in [2.05, 4.69) is 10.3 Å². The van der Waals surface area contributed by atoms with Crippen molar-refractivity contribution < 1.29 is 4.79 Å². The lowest BCUT2D eigenvalue weighted by Gasteiger charge is -2.04. The number of nitrogens with zero attached hydrogens (tertiary/aromatic N) is 1. The van der Waals surface area contributed by atoms with Crippen molar-refractivity contribution in [3.63, 3.8) is 0 Å². The summed E-state index contributed by atoms with van der Waals surface area (Å²) in [6.45, 7) is 0. The average Bonchev–Trinajstić information content (AvgIpc) is 3.04. The first-order valence-electron chi connectivity index (χ1n) is 7.19. The second kappa shape index (κ2) is 4.45. The summed E-state index contributed by atoms with van der Waals surface area (Å²) in [6.07, 6.45) is 5.01. The van der Waals surface area contributed by atoms with Crippen molar-refractivity contribution in [2.24, 2.45) is 17.8 Å². The van der Waals surface area contributed by atoms with Gasteiger partial charge in [-0.25, -0.2) is 4.98 Å². The molecule has 3 N–H and O–H groups in total. The zero-order valence-electron chi connectivity index (χ0n) is 11.1. The van der Waals surface area contributed by atoms with Crippen LogP contribution in [0.2, 0.25) is 0 Å². The zero-order chi connectivity index (χ0) is 13.7. The first-order valence-corrected chi connectivity index (χ1v) is 8.01. The standard InChI is InChI=1S/C15H17N3OS/c16-8-5-6-11-12(7-8)20-15(17-11)18-14(19)13-9-3-1-2-4-10(9)13/h5-7,9-10,13H,1-4,16H2,(H,17,18,19). The Kier molecular flexibility index (Phi) is 2.70. The highest BCUT2D eigenvalue weighted by Crippen LogP contribution is 2.55. The highest BCUT2D eigenvalue weighted by atomic mass is 32.1. The number of nitrogens with one attached hydrogen (secondary N) is 1. The van der Waals surface area contributed by atoms with Gasteiger partial charge < -0.3 is 11.1 Å². The van der Waals surface area contributed by atoms with Crippen LogP contribution in [0.3, 0.4) is 0 Å². The van der Waals surface area contributed by atoms with Gasteiger partial charge in [0.1, 0.15) is 0 Å². The predicted octanol–water partition coefficient (Wildman–Crippen LogP) is 3.25. The first kappa shape index (κ1) is 12.1. The fraction of sp³-hybridized carbons (Fsp3) is 0.467. The molecule has 2 fully saturated rings. The molecule has 0 aliphatic heterocycles. The van der Waals surface area contributed by atoms with Gasteiger partial charge in [0.25, 0.3) is 0 Å². The number of carbonyl (C=O) groups excluding carboxylic acids is 1. The fourth-order valence-electron chi connectivity index (χ4n) is 3.56. The summed E-state index contributed by atoms with van der Waals surface area (Å²) < 4.78 is 1.02. The molecule has 1 aromatic heterocycles. The van der Waals surface area contributed by atoms with Crippen LogP contribution in [0.4, 0.5) is 10.8 Å². The molecule has 0 bridgehead atoms. The van der Waals surface area contributed by atoms with E-state index in [0.717, 1.165) is 15.9 Å². The molecule has 0 spiro atoms. The van der Waals surface area contributed by atoms with Gasteiger partial charge in [-0.05, 0) is 42.9 Å². The minimum atomic E-state index is 0.161. The number of anilines is 2. The summed E-state index contributed by atoms with van der Waals surface area (Å²) in [7, 11) is 0. The van der Waals surface area contributed by atoms with E-state index >= 15 is 0 Å². The Morgan fingerprint density at radius 1 is 1.30 bits per heavy atom. The summed E-state index contributed by atoms with van der Waals surface area (Å²) in [5, 5.41) is 3.69. The minimum Gasteiger partial charge on any atom is -0.399 e. The molecular weight excluding hydrogens is 270 g/mol. The van der Waals surface area contributed by atoms with E-state index in [4.69, 9.17) is 5.73 Å². The topological polar surface area (TPSA) is 68.0 Å². The van der Waals surface area contributed by atoms with Crippen LogP contribution in [0.15, 0.2) is 18.2 Å². The Morgan fingerprint density at radius 2 is 2.05 bits per heavy atom. The third kappa shape index (κ3) is 1.97. The average molecular weight is 287 g/mol. The predicted molar refractivity (Wildman–Crippen MR) is 81.6 cm³/mol. The molecule has 2 saturated carbocycles. The normalized spacial score (nSPS) is 28.1. The number of carbonyl (C=O) groups is 1. The van der Waals surface area contributed by atoms with Crippen molar-refractivity contribution >= 4 is 38.3 Å². The lowest BCUT2D eigenvalue weighted by molar-refractivity contribution is -0.117. The molecule has 20 heavy (non-hydrogen) atoms. The lowest BCUT2D eigenvalue weighted by Crippen LogP contribution is -2.15. The van der Waals surface area contributed by atoms with Crippen LogP contribution in [0, 0.1) is 17.8 Å². The van der Waals surface area contributed by atoms with Gasteiger partial charge in [-0.1, -0.05) is 24.2 Å². The number of nitrogen functional groups attached to an aromatic ring is 1. The molecule has 4 rings (SSSR count). The molecule has 2 atom stereocenters. The first-order chi connectivity index (χ1) is 9.72. The van der Waals surface area contributed by atoms with Crippen molar-refractivity contribution in [1.29, 1.82) is 0 Å². The number of thiazole rings is 1. The van der Waals surface area contributed by atoms with E-state index in [1.165, 1.54) is 37.0 Å². The second-order valence-electron chi connectivity index (χ2n) is 5.87. The summed E-state index contributed by atoms with van der Waals surface area (Å²) in [6, 6.07) is 5.64. The van der Waals surface area contributed by atoms with Crippen molar-refractivity contribution in [3.8, 4) is 0 Å². The Balaban J connectivity index is 1.51. The van der Waals surface area contributed by atoms with Crippen LogP contribution in [0.1, 0.15) is 25.7 Å². The number of nitrogens with two attached hydrogens (primary N) is 1. The van der Waals surface area contributed by atoms with Gasteiger partial charge >= 0.3 is 0 Å². The molecule has 1 aromatic carbocycles. The van der Waals surface area contributed by atoms with E-state index in [-0.39, 0.29) is 11.8 Å². The monoisotopic (exact) mass is 287 g/mol. The molecule has 1 amide bonds. The molecule has 4 nitrogen and oxygen atoms in total. The van der Waals surface area contributed by atoms with Crippen molar-refractivity contribution in [3.05, 3.63) is 18.2 Å². The minimum absolute atomic E-state index is 0.161. The number of aromatic nitrogens is 1. The van der Waals surface area contributed by atoms with Crippen LogP contribution < -0.4 is 11.1 Å². The quantitative estimate of drug-likeness (QED) is 0.833. The third-order valence-corrected chi connectivity index (χ3v) is 5.54. The molecule has 2 aliphatic carbocycles. The van der Waals surface area contributed by atoms with E-state index in [1.54, 1.807) is 0 Å². The van der Waals surface area contributed by atoms with Crippen molar-refractivity contribution in [2.75, 3.05) is 11.1 Å². The maximum absolute atomic E-state index is 12.3. The summed E-state index contributed by atoms with van der Waals surface area (Å²) in [4.78, 5) is 16.8. The molecule has 0 saturated heterocycles. The highest BCUT2D eigenvalue weighted by Gasteiger charge is 2.54. The number of rotatable bonds is 2. The van der Waals surface area contributed by atoms with Crippen molar-refractivity contribution in [1.82, 2.24) is 4.98 Å². The molecule has 2 aliphatic rings. The maximum Gasteiger partial charge on any atom is 0.229 e. The van der Waals surface area contributed by atoms with E-state index < -0.39 is 0 Å². The van der Waals surface area contributed by atoms with Gasteiger partial charge in [0.05, 0.1) is 10.2 Å². The van der Waals surface area contributed by atoms with Crippen molar-refractivity contribution in [2.45, 2.75) is 25.7 Å². The highest BCUT2D eigenvalue weighted by molar-refractivity contribution is 7.22. The Hall–Kier alpha value is -1.62. The number of hydrogen-bond donors (Lipinski definition) is 2. The molecular formula is C15H17N3OS. The van der Waals surface area contributed by atoms with Gasteiger partial charge in [0.15, 0.2) is 5.13 Å². The van der Waals surface area contributed by atoms with Crippen LogP contribution >= 0.6 is 11.3 Å². The van der Waals surface area contributed by atoms with E-state index in [0.29, 0.717) is 17.0 Å². The van der Waals surface area contributed by atoms with Gasteiger partial charge in [-0.15, -0.1) is 0 Å². The molecule has 1 heterocycles. The SMILES string of the molecule is Nc1ccc2nc(NC(=O)C3C4CCCCC43)sc2c1. The Bertz CT molecular complexity index is 669. The number of hydrogen-bond acceptors (Lipinski definition) is 4. The Labute approximate surface area is 121 Å². The van der Waals surface area contributed by atoms with Crippen LogP contribution in [-0.2, 0) is 4.79 Å². The largest absolute Gasteiger partial charge is 0.399 e. The maximum atomic E-state index is 12.3. The molecule has 0 radical (unpaired) electrons. The molecule has 5 heteroatoms. The lowest BCUT2D eigenvalue weighted by atomic mass is 10.0. The van der Waals surface area contributed by atoms with Crippen LogP contribution in [-0.4, -0.2) is 10.9 Å². The summed E-state index contributed by atoms with van der Waals surface area (Å²) in [5.41, 5.74) is 7.39. The summed E-state index contributed by atoms with van der Waals surface area (Å²) >= 11 is 1.50. The van der Waals surface area contributed by atoms with Gasteiger partial charge in [0, 0.05) is 11.6 Å². The third-order valence-electron chi connectivity index (χ3n) is 4.60. The zero-order valence-corrected chi connectivity index (χ0v) is 12.0. The van der Waals surface area contributed by atoms with Gasteiger partial charge in [-0.3, -0.25) is 4.79 Å². The molecule has 2 aromatic rings. The second-order valence-corrected chi connectivity index (χ2v) is 6.90. The fourth-order valence-corrected chi connectivity index (χ4v) is 4.48. The molecule has 104 valence electrons. The van der Waals surface area contributed by atoms with Crippen LogP contribution in [0.5, 0.6) is 0 Å².